The smallest absolute Gasteiger partial charge is 0.255 e. The Morgan fingerprint density at radius 1 is 1.28 bits per heavy atom. The molecule has 2 aromatic rings. The molecule has 1 aromatic heterocycles. The number of benzene rings is 1. The van der Waals surface area contributed by atoms with Gasteiger partial charge in [0, 0.05) is 11.8 Å². The van der Waals surface area contributed by atoms with Gasteiger partial charge in [-0.25, -0.2) is 0 Å². The van der Waals surface area contributed by atoms with Crippen molar-refractivity contribution in [1.29, 1.82) is 5.26 Å². The van der Waals surface area contributed by atoms with Crippen LogP contribution in [0.3, 0.4) is 0 Å². The highest BCUT2D eigenvalue weighted by molar-refractivity contribution is 6.04. The lowest BCUT2D eigenvalue weighted by Crippen LogP contribution is -2.13. The molecule has 1 aromatic carbocycles. The lowest BCUT2D eigenvalue weighted by atomic mass is 10.1. The van der Waals surface area contributed by atoms with Gasteiger partial charge in [0.15, 0.2) is 0 Å². The van der Waals surface area contributed by atoms with Crippen LogP contribution in [0.4, 0.5) is 5.69 Å². The molecule has 88 valence electrons. The quantitative estimate of drug-likeness (QED) is 0.872. The second kappa shape index (κ2) is 5.11. The third kappa shape index (κ3) is 2.53. The predicted octanol–water partition coefficient (Wildman–Crippen LogP) is 2.51. The molecule has 0 spiro atoms. The number of amides is 1. The number of aryl methyl sites for hydroxylation is 1. The maximum atomic E-state index is 11.9. The number of carbonyl (C=O) groups excluding carboxylic acids is 1. The van der Waals surface area contributed by atoms with Crippen molar-refractivity contribution in [3.8, 4) is 6.07 Å². The Balaban J connectivity index is 2.17. The predicted molar refractivity (Wildman–Crippen MR) is 68.1 cm³/mol. The van der Waals surface area contributed by atoms with E-state index < -0.39 is 0 Å². The first kappa shape index (κ1) is 11.8. The first-order chi connectivity index (χ1) is 8.70. The number of nitrogens with one attached hydrogen (secondary N) is 1. The molecule has 0 radical (unpaired) electrons. The number of rotatable bonds is 2. The topological polar surface area (TPSA) is 65.8 Å². The van der Waals surface area contributed by atoms with E-state index in [1.54, 1.807) is 42.6 Å². The average Bonchev–Trinajstić information content (AvgIpc) is 2.41. The van der Waals surface area contributed by atoms with Crippen molar-refractivity contribution >= 4 is 11.6 Å². The summed E-state index contributed by atoms with van der Waals surface area (Å²) in [6.45, 7) is 1.83. The van der Waals surface area contributed by atoms with Crippen LogP contribution in [0.5, 0.6) is 0 Å². The zero-order valence-corrected chi connectivity index (χ0v) is 9.84. The molecule has 0 saturated carbocycles. The maximum Gasteiger partial charge on any atom is 0.255 e. The molecule has 0 aliphatic carbocycles. The van der Waals surface area contributed by atoms with Gasteiger partial charge in [-0.15, -0.1) is 0 Å². The summed E-state index contributed by atoms with van der Waals surface area (Å²) in [6, 6.07) is 12.1. The fourth-order valence-corrected chi connectivity index (χ4v) is 1.51. The van der Waals surface area contributed by atoms with Crippen LogP contribution in [0.2, 0.25) is 0 Å². The lowest BCUT2D eigenvalue weighted by molar-refractivity contribution is 0.102. The van der Waals surface area contributed by atoms with Crippen molar-refractivity contribution in [3.63, 3.8) is 0 Å². The van der Waals surface area contributed by atoms with Crippen LogP contribution < -0.4 is 5.32 Å². The molecule has 0 saturated heterocycles. The second-order valence-electron chi connectivity index (χ2n) is 3.78. The van der Waals surface area contributed by atoms with Gasteiger partial charge in [0.1, 0.15) is 0 Å². The highest BCUT2D eigenvalue weighted by Crippen LogP contribution is 2.12. The third-order valence-corrected chi connectivity index (χ3v) is 2.53. The normalized spacial score (nSPS) is 9.56. The Hall–Kier alpha value is -2.67. The van der Waals surface area contributed by atoms with Crippen molar-refractivity contribution < 1.29 is 4.79 Å². The number of nitrogens with zero attached hydrogens (tertiary/aromatic N) is 2. The summed E-state index contributed by atoms with van der Waals surface area (Å²) >= 11 is 0. The van der Waals surface area contributed by atoms with Crippen LogP contribution >= 0.6 is 0 Å². The third-order valence-electron chi connectivity index (χ3n) is 2.53. The van der Waals surface area contributed by atoms with Crippen molar-refractivity contribution in [1.82, 2.24) is 4.98 Å². The molecule has 4 heteroatoms. The van der Waals surface area contributed by atoms with Crippen molar-refractivity contribution in [2.45, 2.75) is 6.92 Å². The molecule has 0 unspecified atom stereocenters. The molecule has 2 rings (SSSR count). The summed E-state index contributed by atoms with van der Waals surface area (Å²) in [4.78, 5) is 16.0. The van der Waals surface area contributed by atoms with E-state index in [2.05, 4.69) is 10.3 Å². The molecule has 0 aliphatic heterocycles. The lowest BCUT2D eigenvalue weighted by Gasteiger charge is -2.07. The van der Waals surface area contributed by atoms with Gasteiger partial charge in [-0.05, 0) is 43.3 Å². The van der Waals surface area contributed by atoms with Crippen molar-refractivity contribution in [3.05, 3.63) is 59.4 Å². The zero-order valence-electron chi connectivity index (χ0n) is 9.84. The van der Waals surface area contributed by atoms with Crippen LogP contribution in [-0.2, 0) is 0 Å². The van der Waals surface area contributed by atoms with Gasteiger partial charge < -0.3 is 5.32 Å². The van der Waals surface area contributed by atoms with Crippen LogP contribution in [0.1, 0.15) is 21.6 Å². The van der Waals surface area contributed by atoms with E-state index in [-0.39, 0.29) is 5.91 Å². The minimum Gasteiger partial charge on any atom is -0.320 e. The molecule has 1 amide bonds. The molecule has 18 heavy (non-hydrogen) atoms. The van der Waals surface area contributed by atoms with E-state index in [0.29, 0.717) is 16.8 Å². The maximum absolute atomic E-state index is 11.9. The number of pyridine rings is 1. The summed E-state index contributed by atoms with van der Waals surface area (Å²) < 4.78 is 0. The van der Waals surface area contributed by atoms with Crippen molar-refractivity contribution in [2.24, 2.45) is 0 Å². The van der Waals surface area contributed by atoms with Gasteiger partial charge in [0.05, 0.1) is 23.0 Å². The first-order valence-electron chi connectivity index (χ1n) is 5.44. The minimum absolute atomic E-state index is 0.212. The molecule has 1 heterocycles. The fourth-order valence-electron chi connectivity index (χ4n) is 1.51. The molecule has 0 fully saturated rings. The van der Waals surface area contributed by atoms with E-state index in [9.17, 15) is 4.79 Å². The number of aromatic nitrogens is 1. The summed E-state index contributed by atoms with van der Waals surface area (Å²) in [5.74, 6) is -0.212. The van der Waals surface area contributed by atoms with Crippen LogP contribution in [0, 0.1) is 18.3 Å². The van der Waals surface area contributed by atoms with E-state index in [0.717, 1.165) is 5.69 Å². The summed E-state index contributed by atoms with van der Waals surface area (Å²) in [5, 5.41) is 11.5. The van der Waals surface area contributed by atoms with Gasteiger partial charge in [-0.1, -0.05) is 0 Å². The van der Waals surface area contributed by atoms with E-state index in [4.69, 9.17) is 5.26 Å². The Morgan fingerprint density at radius 2 is 2.00 bits per heavy atom. The Morgan fingerprint density at radius 3 is 2.61 bits per heavy atom. The Labute approximate surface area is 105 Å². The average molecular weight is 237 g/mol. The molecule has 4 nitrogen and oxygen atoms in total. The first-order valence-corrected chi connectivity index (χ1v) is 5.44. The van der Waals surface area contributed by atoms with Gasteiger partial charge in [-0.2, -0.15) is 5.26 Å². The Bertz CT molecular complexity index is 612. The van der Waals surface area contributed by atoms with Gasteiger partial charge in [0.2, 0.25) is 0 Å². The highest BCUT2D eigenvalue weighted by atomic mass is 16.1. The van der Waals surface area contributed by atoms with E-state index in [1.807, 2.05) is 13.0 Å². The number of hydrogen-bond acceptors (Lipinski definition) is 3. The summed E-state index contributed by atoms with van der Waals surface area (Å²) in [5.41, 5.74) is 2.49. The molecule has 0 bridgehead atoms. The van der Waals surface area contributed by atoms with Crippen LogP contribution in [0.25, 0.3) is 0 Å². The second-order valence-corrected chi connectivity index (χ2v) is 3.78. The molecular weight excluding hydrogens is 226 g/mol. The fraction of sp³-hybridized carbons (Fsp3) is 0.0714. The molecule has 0 atom stereocenters. The molecular formula is C14H11N3O. The standard InChI is InChI=1S/C14H11N3O/c1-10-13(3-2-8-16-10)17-14(18)12-6-4-11(9-15)5-7-12/h2-8H,1H3,(H,17,18). The van der Waals surface area contributed by atoms with Gasteiger partial charge in [-0.3, -0.25) is 9.78 Å². The minimum atomic E-state index is -0.212. The number of carbonyl (C=O) groups is 1. The number of hydrogen-bond donors (Lipinski definition) is 1. The van der Waals surface area contributed by atoms with Crippen molar-refractivity contribution in [2.75, 3.05) is 5.32 Å². The van der Waals surface area contributed by atoms with Crippen LogP contribution in [0.15, 0.2) is 42.6 Å². The summed E-state index contributed by atoms with van der Waals surface area (Å²) in [6.07, 6.45) is 1.67. The van der Waals surface area contributed by atoms with Crippen LogP contribution in [-0.4, -0.2) is 10.9 Å². The molecule has 1 N–H and O–H groups in total. The van der Waals surface area contributed by atoms with E-state index in [1.165, 1.54) is 0 Å². The number of nitriles is 1. The zero-order chi connectivity index (χ0) is 13.0. The highest BCUT2D eigenvalue weighted by Gasteiger charge is 2.07. The van der Waals surface area contributed by atoms with Gasteiger partial charge >= 0.3 is 0 Å². The monoisotopic (exact) mass is 237 g/mol. The Kier molecular flexibility index (Phi) is 3.35. The molecule has 0 aliphatic rings. The van der Waals surface area contributed by atoms with E-state index >= 15 is 0 Å². The largest absolute Gasteiger partial charge is 0.320 e. The summed E-state index contributed by atoms with van der Waals surface area (Å²) in [7, 11) is 0. The SMILES string of the molecule is Cc1ncccc1NC(=O)c1ccc(C#N)cc1. The number of anilines is 1. The van der Waals surface area contributed by atoms with Gasteiger partial charge in [0.25, 0.3) is 5.91 Å².